The average Bonchev–Trinajstić information content (AvgIpc) is 3.48. The summed E-state index contributed by atoms with van der Waals surface area (Å²) in [5.74, 6) is 2.31. The highest BCUT2D eigenvalue weighted by atomic mass is 32.1. The van der Waals surface area contributed by atoms with E-state index in [4.69, 9.17) is 31.7 Å². The Morgan fingerprint density at radius 3 is 2.42 bits per heavy atom. The highest BCUT2D eigenvalue weighted by Gasteiger charge is 2.23. The summed E-state index contributed by atoms with van der Waals surface area (Å²) in [6.07, 6.45) is 2.40. The van der Waals surface area contributed by atoms with Crippen molar-refractivity contribution < 1.29 is 9.47 Å². The van der Waals surface area contributed by atoms with Crippen molar-refractivity contribution >= 4 is 34.9 Å². The molecule has 2 N–H and O–H groups in total. The number of nitrogens with zero attached hydrogens (tertiary/aromatic N) is 4. The van der Waals surface area contributed by atoms with Crippen LogP contribution < -0.4 is 20.4 Å². The van der Waals surface area contributed by atoms with E-state index >= 15 is 0 Å². The first-order valence-corrected chi connectivity index (χ1v) is 11.4. The molecule has 0 amide bonds. The summed E-state index contributed by atoms with van der Waals surface area (Å²) in [6.45, 7) is 6.27. The molecule has 8 nitrogen and oxygen atoms in total. The van der Waals surface area contributed by atoms with Gasteiger partial charge < -0.3 is 29.9 Å². The zero-order valence-electron chi connectivity index (χ0n) is 17.5. The smallest absolute Gasteiger partial charge is 0.232 e. The number of hydrogen-bond acceptors (Lipinski definition) is 7. The molecule has 1 aromatic carbocycles. The maximum absolute atomic E-state index is 5.66. The molecule has 2 aromatic rings. The Morgan fingerprint density at radius 2 is 1.74 bits per heavy atom. The Bertz CT molecular complexity index is 905. The van der Waals surface area contributed by atoms with Gasteiger partial charge >= 0.3 is 0 Å². The fraction of sp³-hybridized carbons (Fsp3) is 0.500. The van der Waals surface area contributed by atoms with Crippen molar-refractivity contribution in [1.29, 1.82) is 0 Å². The molecule has 5 rings (SSSR count). The summed E-state index contributed by atoms with van der Waals surface area (Å²) >= 11 is 5.50. The lowest BCUT2D eigenvalue weighted by Crippen LogP contribution is -2.38. The van der Waals surface area contributed by atoms with Crippen molar-refractivity contribution in [2.75, 3.05) is 54.6 Å². The fourth-order valence-corrected chi connectivity index (χ4v) is 4.42. The number of benzene rings is 1. The van der Waals surface area contributed by atoms with Gasteiger partial charge in [0.05, 0.1) is 19.3 Å². The molecule has 2 fully saturated rings. The normalized spacial score (nSPS) is 20.6. The van der Waals surface area contributed by atoms with Crippen LogP contribution in [-0.4, -0.2) is 60.6 Å². The zero-order chi connectivity index (χ0) is 21.0. The lowest BCUT2D eigenvalue weighted by molar-refractivity contribution is 0.114. The van der Waals surface area contributed by atoms with Crippen molar-refractivity contribution in [3.63, 3.8) is 0 Å². The summed E-state index contributed by atoms with van der Waals surface area (Å²) in [7, 11) is 0. The third-order valence-electron chi connectivity index (χ3n) is 5.94. The number of thiocarbonyl (C=S) groups is 1. The molecule has 9 heteroatoms. The Kier molecular flexibility index (Phi) is 6.15. The molecule has 4 heterocycles. The molecule has 164 valence electrons. The molecule has 0 unspecified atom stereocenters. The summed E-state index contributed by atoms with van der Waals surface area (Å²) in [5, 5.41) is 6.95. The first-order valence-electron chi connectivity index (χ1n) is 10.9. The molecule has 0 radical (unpaired) electrons. The SMILES string of the molecule is S=C(NC[C@@H]1CCCO1)Nc1nc(N2CCOCC2)cc(N2Cc3ccccc3C2)n1. The van der Waals surface area contributed by atoms with Gasteiger partial charge in [0.15, 0.2) is 5.11 Å². The van der Waals surface area contributed by atoms with Gasteiger partial charge in [-0.1, -0.05) is 24.3 Å². The van der Waals surface area contributed by atoms with Crippen LogP contribution in [0.25, 0.3) is 0 Å². The number of ether oxygens (including phenoxy) is 2. The monoisotopic (exact) mass is 440 g/mol. The molecule has 0 aliphatic carbocycles. The first kappa shape index (κ1) is 20.4. The van der Waals surface area contributed by atoms with Crippen LogP contribution in [0.3, 0.4) is 0 Å². The molecule has 1 aromatic heterocycles. The van der Waals surface area contributed by atoms with E-state index in [0.29, 0.717) is 30.8 Å². The maximum Gasteiger partial charge on any atom is 0.232 e. The zero-order valence-corrected chi connectivity index (χ0v) is 18.4. The number of anilines is 3. The number of fused-ring (bicyclic) bond motifs is 1. The lowest BCUT2D eigenvalue weighted by atomic mass is 10.1. The molecule has 0 saturated carbocycles. The maximum atomic E-state index is 5.66. The standard InChI is InChI=1S/C22H28N6O2S/c31-22(23-13-18-6-3-9-30-18)26-21-24-19(27-7-10-29-11-8-27)12-20(25-21)28-14-16-4-1-2-5-17(16)15-28/h1-2,4-5,12,18H,3,6-11,13-15H2,(H2,23,24,25,26,31)/t18-/m0/s1. The first-order chi connectivity index (χ1) is 15.2. The summed E-state index contributed by atoms with van der Waals surface area (Å²) in [5.41, 5.74) is 2.69. The van der Waals surface area contributed by atoms with Gasteiger partial charge in [0.25, 0.3) is 0 Å². The number of hydrogen-bond donors (Lipinski definition) is 2. The molecule has 1 atom stereocenters. The molecule has 3 aliphatic rings. The van der Waals surface area contributed by atoms with Gasteiger partial charge in [-0.2, -0.15) is 9.97 Å². The minimum atomic E-state index is 0.221. The lowest BCUT2D eigenvalue weighted by Gasteiger charge is -2.29. The van der Waals surface area contributed by atoms with Crippen LogP contribution in [-0.2, 0) is 22.6 Å². The third kappa shape index (κ3) is 4.89. The molecule has 31 heavy (non-hydrogen) atoms. The summed E-state index contributed by atoms with van der Waals surface area (Å²) in [6, 6.07) is 10.6. The Labute approximate surface area is 187 Å². The van der Waals surface area contributed by atoms with E-state index in [1.54, 1.807) is 0 Å². The van der Waals surface area contributed by atoms with Crippen LogP contribution in [0.2, 0.25) is 0 Å². The van der Waals surface area contributed by atoms with E-state index in [0.717, 1.165) is 57.3 Å². The number of aromatic nitrogens is 2. The third-order valence-corrected chi connectivity index (χ3v) is 6.18. The van der Waals surface area contributed by atoms with Gasteiger partial charge in [-0.25, -0.2) is 0 Å². The second-order valence-electron chi connectivity index (χ2n) is 8.10. The fourth-order valence-electron chi connectivity index (χ4n) is 4.25. The predicted octanol–water partition coefficient (Wildman–Crippen LogP) is 2.30. The highest BCUT2D eigenvalue weighted by molar-refractivity contribution is 7.80. The highest BCUT2D eigenvalue weighted by Crippen LogP contribution is 2.29. The molecular weight excluding hydrogens is 412 g/mol. The van der Waals surface area contributed by atoms with Crippen molar-refractivity contribution in [2.24, 2.45) is 0 Å². The Balaban J connectivity index is 1.34. The minimum Gasteiger partial charge on any atom is -0.378 e. The molecular formula is C22H28N6O2S. The van der Waals surface area contributed by atoms with E-state index in [2.05, 4.69) is 50.8 Å². The quantitative estimate of drug-likeness (QED) is 0.681. The van der Waals surface area contributed by atoms with Crippen molar-refractivity contribution in [3.05, 3.63) is 41.5 Å². The van der Waals surface area contributed by atoms with Crippen molar-refractivity contribution in [1.82, 2.24) is 15.3 Å². The second-order valence-corrected chi connectivity index (χ2v) is 8.51. The molecule has 0 spiro atoms. The Morgan fingerprint density at radius 1 is 1.03 bits per heavy atom. The van der Waals surface area contributed by atoms with Gasteiger partial charge in [0.2, 0.25) is 5.95 Å². The van der Waals surface area contributed by atoms with Gasteiger partial charge in [0.1, 0.15) is 11.6 Å². The van der Waals surface area contributed by atoms with E-state index in [9.17, 15) is 0 Å². The molecule has 3 aliphatic heterocycles. The molecule has 2 saturated heterocycles. The van der Waals surface area contributed by atoms with E-state index in [1.807, 2.05) is 0 Å². The van der Waals surface area contributed by atoms with Crippen LogP contribution in [0.5, 0.6) is 0 Å². The van der Waals surface area contributed by atoms with Crippen molar-refractivity contribution in [3.8, 4) is 0 Å². The Hall–Kier alpha value is -2.49. The second kappa shape index (κ2) is 9.33. The topological polar surface area (TPSA) is 74.8 Å². The molecule has 0 bridgehead atoms. The summed E-state index contributed by atoms with van der Waals surface area (Å²) < 4.78 is 11.2. The number of morpholine rings is 1. The van der Waals surface area contributed by atoms with Crippen LogP contribution in [0.4, 0.5) is 17.6 Å². The van der Waals surface area contributed by atoms with Crippen LogP contribution in [0.15, 0.2) is 30.3 Å². The largest absolute Gasteiger partial charge is 0.378 e. The van der Waals surface area contributed by atoms with E-state index < -0.39 is 0 Å². The van der Waals surface area contributed by atoms with Crippen LogP contribution >= 0.6 is 12.2 Å². The predicted molar refractivity (Wildman–Crippen MR) is 125 cm³/mol. The van der Waals surface area contributed by atoms with Crippen molar-refractivity contribution in [2.45, 2.75) is 32.0 Å². The van der Waals surface area contributed by atoms with Gasteiger partial charge in [0, 0.05) is 45.4 Å². The summed E-state index contributed by atoms with van der Waals surface area (Å²) in [4.78, 5) is 14.1. The van der Waals surface area contributed by atoms with E-state index in [1.165, 1.54) is 11.1 Å². The van der Waals surface area contributed by atoms with Gasteiger partial charge in [-0.15, -0.1) is 0 Å². The van der Waals surface area contributed by atoms with Gasteiger partial charge in [-0.05, 0) is 36.2 Å². The minimum absolute atomic E-state index is 0.221. The van der Waals surface area contributed by atoms with Crippen LogP contribution in [0.1, 0.15) is 24.0 Å². The average molecular weight is 441 g/mol. The van der Waals surface area contributed by atoms with E-state index in [-0.39, 0.29) is 6.10 Å². The number of nitrogens with one attached hydrogen (secondary N) is 2. The van der Waals surface area contributed by atoms with Gasteiger partial charge in [-0.3, -0.25) is 0 Å². The number of rotatable bonds is 5. The van der Waals surface area contributed by atoms with Crippen LogP contribution in [0, 0.1) is 0 Å².